The lowest BCUT2D eigenvalue weighted by Crippen LogP contribution is -2.21. The second kappa shape index (κ2) is 4.22. The van der Waals surface area contributed by atoms with E-state index in [1.165, 1.54) is 5.69 Å². The SMILES string of the molecule is C=CCN1c2ccncc2Sc2ncccc21. The summed E-state index contributed by atoms with van der Waals surface area (Å²) in [5.41, 5.74) is 2.31. The molecule has 0 saturated heterocycles. The van der Waals surface area contributed by atoms with Gasteiger partial charge < -0.3 is 4.90 Å². The first kappa shape index (κ1) is 10.4. The minimum absolute atomic E-state index is 0.774. The van der Waals surface area contributed by atoms with E-state index < -0.39 is 0 Å². The molecule has 3 heterocycles. The second-order valence-corrected chi connectivity index (χ2v) is 4.70. The maximum absolute atomic E-state index is 4.41. The number of nitrogens with zero attached hydrogens (tertiary/aromatic N) is 3. The minimum Gasteiger partial charge on any atom is -0.334 e. The molecule has 17 heavy (non-hydrogen) atoms. The Labute approximate surface area is 104 Å². The van der Waals surface area contributed by atoms with Gasteiger partial charge in [0, 0.05) is 25.1 Å². The molecule has 2 aromatic heterocycles. The van der Waals surface area contributed by atoms with Gasteiger partial charge in [-0.3, -0.25) is 4.98 Å². The molecule has 3 rings (SSSR count). The van der Waals surface area contributed by atoms with Crippen LogP contribution in [0.3, 0.4) is 0 Å². The number of hydrogen-bond donors (Lipinski definition) is 0. The van der Waals surface area contributed by atoms with E-state index in [0.717, 1.165) is 22.2 Å². The highest BCUT2D eigenvalue weighted by atomic mass is 32.2. The van der Waals surface area contributed by atoms with E-state index >= 15 is 0 Å². The molecule has 0 spiro atoms. The Morgan fingerprint density at radius 3 is 3.12 bits per heavy atom. The molecule has 4 heteroatoms. The largest absolute Gasteiger partial charge is 0.334 e. The average Bonchev–Trinajstić information content (AvgIpc) is 2.39. The molecule has 2 aromatic rings. The van der Waals surface area contributed by atoms with Gasteiger partial charge in [-0.15, -0.1) is 6.58 Å². The van der Waals surface area contributed by atoms with E-state index in [1.54, 1.807) is 11.8 Å². The molecule has 84 valence electrons. The first-order valence-corrected chi connectivity index (χ1v) is 6.17. The topological polar surface area (TPSA) is 29.0 Å². The highest BCUT2D eigenvalue weighted by Gasteiger charge is 2.22. The second-order valence-electron chi connectivity index (χ2n) is 3.67. The molecule has 0 unspecified atom stereocenters. The molecule has 3 nitrogen and oxygen atoms in total. The Morgan fingerprint density at radius 1 is 1.29 bits per heavy atom. The fourth-order valence-corrected chi connectivity index (χ4v) is 2.90. The summed E-state index contributed by atoms with van der Waals surface area (Å²) in [6, 6.07) is 6.08. The smallest absolute Gasteiger partial charge is 0.125 e. The molecule has 0 N–H and O–H groups in total. The molecule has 0 radical (unpaired) electrons. The number of aromatic nitrogens is 2. The standard InChI is InChI=1S/C13H11N3S/c1-2-8-16-10-5-7-14-9-12(10)17-13-11(16)4-3-6-15-13/h2-7,9H,1,8H2. The number of rotatable bonds is 2. The van der Waals surface area contributed by atoms with Gasteiger partial charge in [-0.1, -0.05) is 17.8 Å². The summed E-state index contributed by atoms with van der Waals surface area (Å²) < 4.78 is 0. The summed E-state index contributed by atoms with van der Waals surface area (Å²) in [5, 5.41) is 1.02. The molecule has 1 aliphatic heterocycles. The van der Waals surface area contributed by atoms with Crippen LogP contribution in [0.1, 0.15) is 0 Å². The summed E-state index contributed by atoms with van der Waals surface area (Å²) in [6.45, 7) is 4.59. The molecule has 0 saturated carbocycles. The summed E-state index contributed by atoms with van der Waals surface area (Å²) in [7, 11) is 0. The Balaban J connectivity index is 2.16. The van der Waals surface area contributed by atoms with Gasteiger partial charge in [-0.2, -0.15) is 0 Å². The summed E-state index contributed by atoms with van der Waals surface area (Å²) in [4.78, 5) is 11.9. The highest BCUT2D eigenvalue weighted by molar-refractivity contribution is 7.99. The van der Waals surface area contributed by atoms with Crippen LogP contribution in [0.5, 0.6) is 0 Å². The van der Waals surface area contributed by atoms with E-state index in [4.69, 9.17) is 0 Å². The van der Waals surface area contributed by atoms with Gasteiger partial charge in [0.25, 0.3) is 0 Å². The zero-order chi connectivity index (χ0) is 11.7. The van der Waals surface area contributed by atoms with Crippen molar-refractivity contribution in [2.75, 3.05) is 11.4 Å². The fourth-order valence-electron chi connectivity index (χ4n) is 1.90. The van der Waals surface area contributed by atoms with E-state index in [2.05, 4.69) is 27.5 Å². The first-order chi connectivity index (χ1) is 8.40. The maximum Gasteiger partial charge on any atom is 0.125 e. The summed E-state index contributed by atoms with van der Waals surface area (Å²) in [6.07, 6.45) is 7.42. The molecular formula is C13H11N3S. The Morgan fingerprint density at radius 2 is 2.24 bits per heavy atom. The lowest BCUT2D eigenvalue weighted by Gasteiger charge is -2.30. The van der Waals surface area contributed by atoms with Gasteiger partial charge in [-0.25, -0.2) is 4.98 Å². The predicted octanol–water partition coefficient (Wildman–Crippen LogP) is 3.27. The molecule has 1 aliphatic rings. The van der Waals surface area contributed by atoms with Crippen molar-refractivity contribution in [3.05, 3.63) is 49.4 Å². The molecule has 0 aliphatic carbocycles. The van der Waals surface area contributed by atoms with Crippen molar-refractivity contribution in [3.8, 4) is 0 Å². The number of pyridine rings is 2. The van der Waals surface area contributed by atoms with Crippen LogP contribution in [-0.4, -0.2) is 16.5 Å². The molecule has 0 aromatic carbocycles. The van der Waals surface area contributed by atoms with Crippen molar-refractivity contribution in [1.82, 2.24) is 9.97 Å². The first-order valence-electron chi connectivity index (χ1n) is 5.35. The van der Waals surface area contributed by atoms with Crippen LogP contribution in [0.4, 0.5) is 11.4 Å². The van der Waals surface area contributed by atoms with Crippen molar-refractivity contribution in [2.24, 2.45) is 0 Å². The zero-order valence-corrected chi connectivity index (χ0v) is 10.0. The summed E-state index contributed by atoms with van der Waals surface area (Å²) >= 11 is 1.66. The fraction of sp³-hybridized carbons (Fsp3) is 0.0769. The van der Waals surface area contributed by atoms with Crippen molar-refractivity contribution in [3.63, 3.8) is 0 Å². The lowest BCUT2D eigenvalue weighted by atomic mass is 10.3. The van der Waals surface area contributed by atoms with Crippen LogP contribution in [-0.2, 0) is 0 Å². The van der Waals surface area contributed by atoms with E-state index in [1.807, 2.05) is 36.8 Å². The third kappa shape index (κ3) is 1.70. The van der Waals surface area contributed by atoms with Gasteiger partial charge in [0.15, 0.2) is 0 Å². The number of fused-ring (bicyclic) bond motifs is 2. The van der Waals surface area contributed by atoms with E-state index in [0.29, 0.717) is 0 Å². The van der Waals surface area contributed by atoms with E-state index in [-0.39, 0.29) is 0 Å². The molecule has 0 fully saturated rings. The normalized spacial score (nSPS) is 12.8. The average molecular weight is 241 g/mol. The monoisotopic (exact) mass is 241 g/mol. The van der Waals surface area contributed by atoms with Crippen LogP contribution in [0, 0.1) is 0 Å². The lowest BCUT2D eigenvalue weighted by molar-refractivity contribution is 0.979. The quantitative estimate of drug-likeness (QED) is 0.755. The van der Waals surface area contributed by atoms with Gasteiger partial charge in [0.1, 0.15) is 5.03 Å². The van der Waals surface area contributed by atoms with E-state index in [9.17, 15) is 0 Å². The van der Waals surface area contributed by atoms with Gasteiger partial charge in [0.05, 0.1) is 16.3 Å². The molecule has 0 bridgehead atoms. The Bertz CT molecular complexity index is 523. The van der Waals surface area contributed by atoms with Crippen molar-refractivity contribution >= 4 is 23.1 Å². The number of anilines is 2. The minimum atomic E-state index is 0.774. The molecular weight excluding hydrogens is 230 g/mol. The molecule has 0 atom stereocenters. The van der Waals surface area contributed by atoms with Crippen LogP contribution in [0.15, 0.2) is 59.4 Å². The third-order valence-electron chi connectivity index (χ3n) is 2.61. The van der Waals surface area contributed by atoms with Gasteiger partial charge in [-0.05, 0) is 18.2 Å². The Hall–Kier alpha value is -1.81. The number of hydrogen-bond acceptors (Lipinski definition) is 4. The van der Waals surface area contributed by atoms with Crippen molar-refractivity contribution < 1.29 is 0 Å². The van der Waals surface area contributed by atoms with Gasteiger partial charge >= 0.3 is 0 Å². The van der Waals surface area contributed by atoms with Crippen molar-refractivity contribution in [2.45, 2.75) is 9.92 Å². The highest BCUT2D eigenvalue weighted by Crippen LogP contribution is 2.46. The summed E-state index contributed by atoms with van der Waals surface area (Å²) in [5.74, 6) is 0. The predicted molar refractivity (Wildman–Crippen MR) is 69.8 cm³/mol. The van der Waals surface area contributed by atoms with Crippen LogP contribution < -0.4 is 4.90 Å². The molecule has 0 amide bonds. The zero-order valence-electron chi connectivity index (χ0n) is 9.21. The van der Waals surface area contributed by atoms with Gasteiger partial charge in [0.2, 0.25) is 0 Å². The van der Waals surface area contributed by atoms with Crippen molar-refractivity contribution in [1.29, 1.82) is 0 Å². The third-order valence-corrected chi connectivity index (χ3v) is 3.66. The van der Waals surface area contributed by atoms with Crippen LogP contribution in [0.25, 0.3) is 0 Å². The maximum atomic E-state index is 4.41. The van der Waals surface area contributed by atoms with Crippen LogP contribution >= 0.6 is 11.8 Å². The Kier molecular flexibility index (Phi) is 2.57. The van der Waals surface area contributed by atoms with Crippen LogP contribution in [0.2, 0.25) is 0 Å².